The van der Waals surface area contributed by atoms with Crippen molar-refractivity contribution in [1.82, 2.24) is 15.3 Å². The Bertz CT molecular complexity index is 729. The molecule has 7 heteroatoms. The Morgan fingerprint density at radius 1 is 1.24 bits per heavy atom. The minimum atomic E-state index is -0.192. The van der Waals surface area contributed by atoms with Gasteiger partial charge in [0.05, 0.1) is 11.6 Å². The van der Waals surface area contributed by atoms with Crippen molar-refractivity contribution in [2.24, 2.45) is 0 Å². The van der Waals surface area contributed by atoms with Crippen molar-refractivity contribution in [2.45, 2.75) is 44.2 Å². The van der Waals surface area contributed by atoms with Crippen LogP contribution >= 0.6 is 0 Å². The van der Waals surface area contributed by atoms with Crippen LogP contribution in [0.3, 0.4) is 0 Å². The fourth-order valence-electron chi connectivity index (χ4n) is 3.02. The van der Waals surface area contributed by atoms with E-state index in [0.717, 1.165) is 31.1 Å². The molecule has 1 aliphatic carbocycles. The molecular formula is C18H24N4O3. The molecule has 1 aromatic carbocycles. The smallest absolute Gasteiger partial charge is 0.251 e. The highest BCUT2D eigenvalue weighted by atomic mass is 16.3. The zero-order valence-corrected chi connectivity index (χ0v) is 14.1. The molecule has 25 heavy (non-hydrogen) atoms. The number of aliphatic hydroxyl groups is 2. The van der Waals surface area contributed by atoms with E-state index in [4.69, 9.17) is 5.11 Å². The van der Waals surface area contributed by atoms with Crippen molar-refractivity contribution in [1.29, 1.82) is 0 Å². The van der Waals surface area contributed by atoms with Gasteiger partial charge in [0.25, 0.3) is 5.91 Å². The van der Waals surface area contributed by atoms with E-state index in [1.807, 2.05) is 6.07 Å². The lowest BCUT2D eigenvalue weighted by atomic mass is 9.93. The first-order valence-electron chi connectivity index (χ1n) is 8.76. The highest BCUT2D eigenvalue weighted by Crippen LogP contribution is 2.22. The van der Waals surface area contributed by atoms with E-state index in [1.54, 1.807) is 18.3 Å². The summed E-state index contributed by atoms with van der Waals surface area (Å²) in [6, 6.07) is 5.60. The van der Waals surface area contributed by atoms with E-state index in [9.17, 15) is 9.90 Å². The number of nitrogens with one attached hydrogen (secondary N) is 2. The number of aliphatic hydroxyl groups excluding tert-OH is 2. The number of benzene rings is 1. The average Bonchev–Trinajstić information content (AvgIpc) is 2.63. The summed E-state index contributed by atoms with van der Waals surface area (Å²) in [7, 11) is 0. The number of anilines is 1. The highest BCUT2D eigenvalue weighted by molar-refractivity contribution is 5.97. The maximum absolute atomic E-state index is 12.1. The predicted octanol–water partition coefficient (Wildman–Crippen LogP) is 1.46. The number of hydrogen-bond acceptors (Lipinski definition) is 6. The number of fused-ring (bicyclic) bond motifs is 1. The molecule has 0 spiro atoms. The van der Waals surface area contributed by atoms with Crippen LogP contribution in [-0.2, 0) is 0 Å². The van der Waals surface area contributed by atoms with Crippen molar-refractivity contribution in [3.05, 3.63) is 30.0 Å². The number of rotatable bonds is 6. The molecule has 3 rings (SSSR count). The first-order chi connectivity index (χ1) is 12.2. The van der Waals surface area contributed by atoms with Gasteiger partial charge in [-0.25, -0.2) is 9.97 Å². The molecule has 0 saturated heterocycles. The summed E-state index contributed by atoms with van der Waals surface area (Å²) in [5.41, 5.74) is 1.25. The van der Waals surface area contributed by atoms with Gasteiger partial charge in [-0.3, -0.25) is 4.79 Å². The van der Waals surface area contributed by atoms with Crippen molar-refractivity contribution in [3.63, 3.8) is 0 Å². The molecule has 0 atom stereocenters. The van der Waals surface area contributed by atoms with Crippen LogP contribution in [0, 0.1) is 0 Å². The second kappa shape index (κ2) is 8.22. The quantitative estimate of drug-likeness (QED) is 0.591. The summed E-state index contributed by atoms with van der Waals surface area (Å²) >= 11 is 0. The fourth-order valence-corrected chi connectivity index (χ4v) is 3.02. The Hall–Kier alpha value is -2.25. The number of amides is 1. The van der Waals surface area contributed by atoms with Gasteiger partial charge < -0.3 is 20.8 Å². The fraction of sp³-hybridized carbons (Fsp3) is 0.500. The largest absolute Gasteiger partial charge is 0.396 e. The van der Waals surface area contributed by atoms with Crippen molar-refractivity contribution < 1.29 is 15.0 Å². The van der Waals surface area contributed by atoms with E-state index in [0.29, 0.717) is 30.0 Å². The molecule has 0 aliphatic heterocycles. The monoisotopic (exact) mass is 344 g/mol. The summed E-state index contributed by atoms with van der Waals surface area (Å²) in [6.45, 7) is 0.496. The molecule has 134 valence electrons. The van der Waals surface area contributed by atoms with Crippen LogP contribution < -0.4 is 10.6 Å². The van der Waals surface area contributed by atoms with Gasteiger partial charge in [-0.15, -0.1) is 0 Å². The zero-order valence-electron chi connectivity index (χ0n) is 14.1. The molecular weight excluding hydrogens is 320 g/mol. The molecule has 7 nitrogen and oxygen atoms in total. The van der Waals surface area contributed by atoms with Gasteiger partial charge in [0.2, 0.25) is 5.95 Å². The second-order valence-electron chi connectivity index (χ2n) is 6.45. The Balaban J connectivity index is 1.71. The molecule has 1 saturated carbocycles. The SMILES string of the molecule is O=C(NCCCO)c1ccc2cnc(NC3CCC(O)CC3)nc2c1. The third-order valence-electron chi connectivity index (χ3n) is 4.50. The first kappa shape index (κ1) is 17.6. The van der Waals surface area contributed by atoms with E-state index in [-0.39, 0.29) is 24.7 Å². The normalized spacial score (nSPS) is 20.4. The lowest BCUT2D eigenvalue weighted by Gasteiger charge is -2.26. The standard InChI is InChI=1S/C18H24N4O3/c23-9-1-8-19-17(25)12-2-3-13-11-20-18(22-16(13)10-12)21-14-4-6-15(24)7-5-14/h2-3,10-11,14-15,23-24H,1,4-9H2,(H,19,25)(H,20,21,22). The van der Waals surface area contributed by atoms with Crippen LogP contribution in [0.2, 0.25) is 0 Å². The third-order valence-corrected chi connectivity index (χ3v) is 4.50. The minimum Gasteiger partial charge on any atom is -0.396 e. The summed E-state index contributed by atoms with van der Waals surface area (Å²) in [5, 5.41) is 25.3. The molecule has 1 fully saturated rings. The highest BCUT2D eigenvalue weighted by Gasteiger charge is 2.19. The van der Waals surface area contributed by atoms with Gasteiger partial charge in [-0.2, -0.15) is 0 Å². The van der Waals surface area contributed by atoms with Crippen LogP contribution in [0.5, 0.6) is 0 Å². The van der Waals surface area contributed by atoms with Gasteiger partial charge in [0.15, 0.2) is 0 Å². The van der Waals surface area contributed by atoms with Gasteiger partial charge >= 0.3 is 0 Å². The summed E-state index contributed by atoms with van der Waals surface area (Å²) in [5.74, 6) is 0.372. The molecule has 0 bridgehead atoms. The molecule has 0 unspecified atom stereocenters. The zero-order chi connectivity index (χ0) is 17.6. The van der Waals surface area contributed by atoms with Crippen LogP contribution in [0.15, 0.2) is 24.4 Å². The Morgan fingerprint density at radius 2 is 2.04 bits per heavy atom. The summed E-state index contributed by atoms with van der Waals surface area (Å²) < 4.78 is 0. The molecule has 2 aromatic rings. The van der Waals surface area contributed by atoms with Gasteiger partial charge in [-0.05, 0) is 44.2 Å². The van der Waals surface area contributed by atoms with Crippen LogP contribution in [-0.4, -0.2) is 51.4 Å². The summed E-state index contributed by atoms with van der Waals surface area (Å²) in [4.78, 5) is 21.0. The van der Waals surface area contributed by atoms with Crippen molar-refractivity contribution in [3.8, 4) is 0 Å². The lowest BCUT2D eigenvalue weighted by Crippen LogP contribution is -2.28. The van der Waals surface area contributed by atoms with Gasteiger partial charge in [0, 0.05) is 36.3 Å². The van der Waals surface area contributed by atoms with Gasteiger partial charge in [-0.1, -0.05) is 6.07 Å². The van der Waals surface area contributed by atoms with Crippen molar-refractivity contribution >= 4 is 22.8 Å². The molecule has 4 N–H and O–H groups in total. The molecule has 0 radical (unpaired) electrons. The number of carbonyl (C=O) groups excluding carboxylic acids is 1. The average molecular weight is 344 g/mol. The Labute approximate surface area is 146 Å². The van der Waals surface area contributed by atoms with Crippen LogP contribution in [0.4, 0.5) is 5.95 Å². The molecule has 1 aliphatic rings. The minimum absolute atomic E-state index is 0.0540. The lowest BCUT2D eigenvalue weighted by molar-refractivity contribution is 0.0951. The predicted molar refractivity (Wildman–Crippen MR) is 95.5 cm³/mol. The summed E-state index contributed by atoms with van der Waals surface area (Å²) in [6.07, 6.45) is 5.47. The third kappa shape index (κ3) is 4.64. The maximum atomic E-state index is 12.1. The van der Waals surface area contributed by atoms with E-state index < -0.39 is 0 Å². The number of nitrogens with zero attached hydrogens (tertiary/aromatic N) is 2. The molecule has 1 aromatic heterocycles. The maximum Gasteiger partial charge on any atom is 0.251 e. The molecule has 1 heterocycles. The topological polar surface area (TPSA) is 107 Å². The number of aromatic nitrogens is 2. The Morgan fingerprint density at radius 3 is 2.80 bits per heavy atom. The van der Waals surface area contributed by atoms with Gasteiger partial charge in [0.1, 0.15) is 0 Å². The number of hydrogen-bond donors (Lipinski definition) is 4. The van der Waals surface area contributed by atoms with Crippen LogP contribution in [0.25, 0.3) is 10.9 Å². The first-order valence-corrected chi connectivity index (χ1v) is 8.76. The number of carbonyl (C=O) groups is 1. The van der Waals surface area contributed by atoms with E-state index >= 15 is 0 Å². The molecule has 1 amide bonds. The van der Waals surface area contributed by atoms with E-state index in [1.165, 1.54) is 0 Å². The van der Waals surface area contributed by atoms with E-state index in [2.05, 4.69) is 20.6 Å². The van der Waals surface area contributed by atoms with Crippen molar-refractivity contribution in [2.75, 3.05) is 18.5 Å². The Kier molecular flexibility index (Phi) is 5.78. The second-order valence-corrected chi connectivity index (χ2v) is 6.45. The van der Waals surface area contributed by atoms with Crippen LogP contribution in [0.1, 0.15) is 42.5 Å².